The van der Waals surface area contributed by atoms with Crippen molar-refractivity contribution in [2.75, 3.05) is 26.0 Å². The largest absolute Gasteiger partial charge is 0.478 e. The predicted octanol–water partition coefficient (Wildman–Crippen LogP) is 2.16. The topological polar surface area (TPSA) is 50.3 Å². The quantitative estimate of drug-likeness (QED) is 0.883. The van der Waals surface area contributed by atoms with Gasteiger partial charge in [-0.3, -0.25) is 0 Å². The maximum Gasteiger partial charge on any atom is 0.218 e. The van der Waals surface area contributed by atoms with Gasteiger partial charge in [-0.05, 0) is 46.7 Å². The van der Waals surface area contributed by atoms with Gasteiger partial charge in [0.2, 0.25) is 5.88 Å². The van der Waals surface area contributed by atoms with Crippen LogP contribution in [0.5, 0.6) is 5.88 Å². The molecule has 1 aromatic heterocycles. The average Bonchev–Trinajstić information content (AvgIpc) is 2.40. The summed E-state index contributed by atoms with van der Waals surface area (Å²) < 4.78 is 5.40. The average molecular weight is 264 g/mol. The molecule has 0 aliphatic heterocycles. The van der Waals surface area contributed by atoms with E-state index in [0.717, 1.165) is 5.82 Å². The molecule has 0 bridgehead atoms. The Morgan fingerprint density at radius 1 is 1.37 bits per heavy atom. The molecule has 0 aromatic carbocycles. The van der Waals surface area contributed by atoms with Crippen LogP contribution in [0.2, 0.25) is 0 Å². The molecule has 0 saturated heterocycles. The third kappa shape index (κ3) is 4.06. The molecule has 1 N–H and O–H groups in total. The van der Waals surface area contributed by atoms with Gasteiger partial charge in [-0.25, -0.2) is 9.97 Å². The summed E-state index contributed by atoms with van der Waals surface area (Å²) in [5, 5.41) is 3.51. The molecular formula is C14H24N4O. The van der Waals surface area contributed by atoms with Crippen LogP contribution in [0.4, 0.5) is 5.82 Å². The van der Waals surface area contributed by atoms with E-state index in [1.165, 1.54) is 25.7 Å². The number of rotatable bonds is 5. The number of anilines is 1. The molecule has 0 amide bonds. The van der Waals surface area contributed by atoms with E-state index in [2.05, 4.69) is 34.3 Å². The highest BCUT2D eigenvalue weighted by atomic mass is 16.5. The predicted molar refractivity (Wildman–Crippen MR) is 76.6 cm³/mol. The second-order valence-corrected chi connectivity index (χ2v) is 5.30. The molecule has 106 valence electrons. The maximum absolute atomic E-state index is 5.40. The Bertz CT molecular complexity index is 397. The molecule has 1 fully saturated rings. The zero-order valence-electron chi connectivity index (χ0n) is 12.1. The summed E-state index contributed by atoms with van der Waals surface area (Å²) in [6, 6.07) is 3.04. The van der Waals surface area contributed by atoms with Gasteiger partial charge in [0, 0.05) is 18.2 Å². The van der Waals surface area contributed by atoms with E-state index in [0.29, 0.717) is 24.6 Å². The molecule has 1 aromatic rings. The molecule has 5 heteroatoms. The molecule has 0 spiro atoms. The fourth-order valence-corrected chi connectivity index (χ4v) is 2.62. The van der Waals surface area contributed by atoms with Crippen LogP contribution in [0.25, 0.3) is 0 Å². The Hall–Kier alpha value is -1.36. The molecule has 5 nitrogen and oxygen atoms in total. The maximum atomic E-state index is 5.40. The number of hydrogen-bond acceptors (Lipinski definition) is 5. The minimum atomic E-state index is 0.491. The number of nitrogens with zero attached hydrogens (tertiary/aromatic N) is 3. The monoisotopic (exact) mass is 264 g/mol. The van der Waals surface area contributed by atoms with Gasteiger partial charge in [-0.1, -0.05) is 0 Å². The van der Waals surface area contributed by atoms with Crippen molar-refractivity contribution in [3.8, 4) is 5.88 Å². The van der Waals surface area contributed by atoms with E-state index in [1.807, 2.05) is 13.0 Å². The Balaban J connectivity index is 1.94. The smallest absolute Gasteiger partial charge is 0.218 e. The van der Waals surface area contributed by atoms with E-state index >= 15 is 0 Å². The molecule has 19 heavy (non-hydrogen) atoms. The standard InChI is InChI=1S/C14H24N4O/c1-4-19-14-9-13(15-10-16-14)17-11-6-5-7-12(8-11)18(2)3/h9-12H,4-8H2,1-3H3,(H,15,16,17). The zero-order valence-corrected chi connectivity index (χ0v) is 12.1. The van der Waals surface area contributed by atoms with E-state index in [9.17, 15) is 0 Å². The lowest BCUT2D eigenvalue weighted by Crippen LogP contribution is -2.38. The van der Waals surface area contributed by atoms with Crippen LogP contribution in [-0.2, 0) is 0 Å². The van der Waals surface area contributed by atoms with Crippen LogP contribution in [0.3, 0.4) is 0 Å². The third-order valence-electron chi connectivity index (χ3n) is 3.66. The van der Waals surface area contributed by atoms with Crippen molar-refractivity contribution in [3.63, 3.8) is 0 Å². The van der Waals surface area contributed by atoms with Crippen LogP contribution in [-0.4, -0.2) is 47.7 Å². The van der Waals surface area contributed by atoms with E-state index in [1.54, 1.807) is 6.33 Å². The molecule has 1 aliphatic rings. The first kappa shape index (κ1) is 14.1. The Morgan fingerprint density at radius 2 is 2.21 bits per heavy atom. The van der Waals surface area contributed by atoms with E-state index in [-0.39, 0.29) is 0 Å². The van der Waals surface area contributed by atoms with E-state index in [4.69, 9.17) is 4.74 Å². The van der Waals surface area contributed by atoms with Gasteiger partial charge >= 0.3 is 0 Å². The second-order valence-electron chi connectivity index (χ2n) is 5.30. The molecule has 1 aliphatic carbocycles. The van der Waals surface area contributed by atoms with Gasteiger partial charge < -0.3 is 15.0 Å². The fraction of sp³-hybridized carbons (Fsp3) is 0.714. The summed E-state index contributed by atoms with van der Waals surface area (Å²) in [6.45, 7) is 2.58. The Labute approximate surface area is 115 Å². The lowest BCUT2D eigenvalue weighted by molar-refractivity contribution is 0.219. The molecule has 0 radical (unpaired) electrons. The van der Waals surface area contributed by atoms with E-state index < -0.39 is 0 Å². The van der Waals surface area contributed by atoms with Crippen LogP contribution in [0, 0.1) is 0 Å². The lowest BCUT2D eigenvalue weighted by Gasteiger charge is -2.34. The SMILES string of the molecule is CCOc1cc(NC2CCCC(N(C)C)C2)ncn1. The van der Waals surface area contributed by atoms with Gasteiger partial charge in [-0.15, -0.1) is 0 Å². The van der Waals surface area contributed by atoms with Gasteiger partial charge in [0.25, 0.3) is 0 Å². The first-order chi connectivity index (χ1) is 9.19. The Morgan fingerprint density at radius 3 is 2.95 bits per heavy atom. The summed E-state index contributed by atoms with van der Waals surface area (Å²) in [7, 11) is 4.32. The number of ether oxygens (including phenoxy) is 1. The van der Waals surface area contributed by atoms with Crippen molar-refractivity contribution in [3.05, 3.63) is 12.4 Å². The summed E-state index contributed by atoms with van der Waals surface area (Å²) in [4.78, 5) is 10.7. The van der Waals surface area contributed by atoms with Gasteiger partial charge in [0.05, 0.1) is 6.61 Å². The van der Waals surface area contributed by atoms with Crippen LogP contribution >= 0.6 is 0 Å². The van der Waals surface area contributed by atoms with Crippen molar-refractivity contribution < 1.29 is 4.74 Å². The lowest BCUT2D eigenvalue weighted by atomic mass is 9.90. The van der Waals surface area contributed by atoms with Crippen molar-refractivity contribution in [2.24, 2.45) is 0 Å². The summed E-state index contributed by atoms with van der Waals surface area (Å²) >= 11 is 0. The minimum Gasteiger partial charge on any atom is -0.478 e. The van der Waals surface area contributed by atoms with Crippen molar-refractivity contribution in [2.45, 2.75) is 44.7 Å². The van der Waals surface area contributed by atoms with Crippen LogP contribution < -0.4 is 10.1 Å². The first-order valence-corrected chi connectivity index (χ1v) is 7.07. The zero-order chi connectivity index (χ0) is 13.7. The fourth-order valence-electron chi connectivity index (χ4n) is 2.62. The first-order valence-electron chi connectivity index (χ1n) is 7.07. The number of nitrogens with one attached hydrogen (secondary N) is 1. The molecule has 1 heterocycles. The molecule has 2 atom stereocenters. The van der Waals surface area contributed by atoms with Gasteiger partial charge in [0.15, 0.2) is 0 Å². The van der Waals surface area contributed by atoms with Crippen molar-refractivity contribution in [1.82, 2.24) is 14.9 Å². The second kappa shape index (κ2) is 6.70. The normalized spacial score (nSPS) is 23.4. The summed E-state index contributed by atoms with van der Waals surface area (Å²) in [6.07, 6.45) is 6.49. The summed E-state index contributed by atoms with van der Waals surface area (Å²) in [5.41, 5.74) is 0. The van der Waals surface area contributed by atoms with Gasteiger partial charge in [0.1, 0.15) is 12.1 Å². The molecule has 1 saturated carbocycles. The minimum absolute atomic E-state index is 0.491. The Kier molecular flexibility index (Phi) is 4.96. The van der Waals surface area contributed by atoms with Crippen LogP contribution in [0.15, 0.2) is 12.4 Å². The highest BCUT2D eigenvalue weighted by Gasteiger charge is 2.23. The number of hydrogen-bond donors (Lipinski definition) is 1. The highest BCUT2D eigenvalue weighted by molar-refractivity contribution is 5.38. The van der Waals surface area contributed by atoms with Gasteiger partial charge in [-0.2, -0.15) is 0 Å². The van der Waals surface area contributed by atoms with Crippen molar-refractivity contribution >= 4 is 5.82 Å². The number of aromatic nitrogens is 2. The molecular weight excluding hydrogens is 240 g/mol. The summed E-state index contributed by atoms with van der Waals surface area (Å²) in [5.74, 6) is 1.50. The van der Waals surface area contributed by atoms with Crippen molar-refractivity contribution in [1.29, 1.82) is 0 Å². The molecule has 2 unspecified atom stereocenters. The molecule has 2 rings (SSSR count). The van der Waals surface area contributed by atoms with Crippen LogP contribution in [0.1, 0.15) is 32.6 Å². The highest BCUT2D eigenvalue weighted by Crippen LogP contribution is 2.24. The third-order valence-corrected chi connectivity index (χ3v) is 3.66.